The summed E-state index contributed by atoms with van der Waals surface area (Å²) in [6.07, 6.45) is 1.30. The van der Waals surface area contributed by atoms with E-state index in [4.69, 9.17) is 9.47 Å². The van der Waals surface area contributed by atoms with Crippen molar-refractivity contribution in [1.29, 1.82) is 0 Å². The summed E-state index contributed by atoms with van der Waals surface area (Å²) in [7, 11) is 0. The molecule has 0 aliphatic carbocycles. The molecule has 2 aromatic carbocycles. The summed E-state index contributed by atoms with van der Waals surface area (Å²) in [5.74, 6) is 0.351. The van der Waals surface area contributed by atoms with Crippen LogP contribution in [0.25, 0.3) is 0 Å². The summed E-state index contributed by atoms with van der Waals surface area (Å²) in [4.78, 5) is 27.1. The van der Waals surface area contributed by atoms with Crippen LogP contribution >= 0.6 is 0 Å². The summed E-state index contributed by atoms with van der Waals surface area (Å²) in [5, 5.41) is 2.74. The van der Waals surface area contributed by atoms with E-state index in [9.17, 15) is 14.0 Å². The number of rotatable bonds is 6. The van der Waals surface area contributed by atoms with Crippen LogP contribution in [0, 0.1) is 5.82 Å². The number of piperidine rings is 1. The van der Waals surface area contributed by atoms with Gasteiger partial charge in [0.2, 0.25) is 5.91 Å². The van der Waals surface area contributed by atoms with E-state index in [0.29, 0.717) is 18.8 Å². The zero-order valence-corrected chi connectivity index (χ0v) is 17.4. The monoisotopic (exact) mass is 427 g/mol. The maximum atomic E-state index is 13.1. The van der Waals surface area contributed by atoms with Gasteiger partial charge in [0.15, 0.2) is 0 Å². The second-order valence-electron chi connectivity index (χ2n) is 7.92. The third-order valence-corrected chi connectivity index (χ3v) is 5.49. The summed E-state index contributed by atoms with van der Waals surface area (Å²) in [6, 6.07) is 13.2. The Labute approximate surface area is 180 Å². The van der Waals surface area contributed by atoms with Crippen molar-refractivity contribution in [1.82, 2.24) is 4.90 Å². The Morgan fingerprint density at radius 1 is 1.13 bits per heavy atom. The van der Waals surface area contributed by atoms with E-state index in [1.54, 1.807) is 17.0 Å². The summed E-state index contributed by atoms with van der Waals surface area (Å²) >= 11 is 0. The highest BCUT2D eigenvalue weighted by Crippen LogP contribution is 2.24. The lowest BCUT2D eigenvalue weighted by Crippen LogP contribution is -2.42. The Hall–Kier alpha value is -3.13. The molecule has 0 bridgehead atoms. The average molecular weight is 427 g/mol. The number of benzene rings is 2. The van der Waals surface area contributed by atoms with Gasteiger partial charge in [0, 0.05) is 37.9 Å². The number of carbonyl (C=O) groups excluding carboxylic acids is 2. The fourth-order valence-corrected chi connectivity index (χ4v) is 3.96. The average Bonchev–Trinajstić information content (AvgIpc) is 3.11. The molecule has 7 nitrogen and oxygen atoms in total. The molecule has 164 valence electrons. The van der Waals surface area contributed by atoms with Crippen LogP contribution in [0.15, 0.2) is 48.5 Å². The minimum Gasteiger partial charge on any atom is -0.490 e. The van der Waals surface area contributed by atoms with Crippen molar-refractivity contribution in [2.45, 2.75) is 32.0 Å². The molecule has 2 amide bonds. The Bertz CT molecular complexity index is 911. The van der Waals surface area contributed by atoms with Crippen molar-refractivity contribution in [3.63, 3.8) is 0 Å². The largest absolute Gasteiger partial charge is 0.490 e. The van der Waals surface area contributed by atoms with Gasteiger partial charge in [-0.15, -0.1) is 0 Å². The second-order valence-corrected chi connectivity index (χ2v) is 7.92. The Kier molecular flexibility index (Phi) is 6.36. The summed E-state index contributed by atoms with van der Waals surface area (Å²) in [5.41, 5.74) is 1.39. The van der Waals surface area contributed by atoms with Crippen LogP contribution in [0.1, 0.15) is 19.8 Å². The number of ether oxygens (including phenoxy) is 2. The van der Waals surface area contributed by atoms with Gasteiger partial charge in [-0.05, 0) is 61.4 Å². The second kappa shape index (κ2) is 9.34. The quantitative estimate of drug-likeness (QED) is 0.762. The molecule has 2 aliphatic heterocycles. The van der Waals surface area contributed by atoms with Crippen molar-refractivity contribution in [3.8, 4) is 5.75 Å². The van der Waals surface area contributed by atoms with Gasteiger partial charge in [-0.1, -0.05) is 0 Å². The van der Waals surface area contributed by atoms with Crippen LogP contribution in [-0.4, -0.2) is 55.3 Å². The molecule has 0 saturated carbocycles. The molecule has 0 radical (unpaired) electrons. The van der Waals surface area contributed by atoms with Crippen LogP contribution in [-0.2, 0) is 9.53 Å². The van der Waals surface area contributed by atoms with Gasteiger partial charge in [-0.25, -0.2) is 9.18 Å². The molecule has 4 rings (SSSR count). The van der Waals surface area contributed by atoms with Gasteiger partial charge in [-0.3, -0.25) is 14.6 Å². The van der Waals surface area contributed by atoms with Crippen molar-refractivity contribution < 1.29 is 23.5 Å². The van der Waals surface area contributed by atoms with Crippen molar-refractivity contribution in [3.05, 3.63) is 54.3 Å². The fraction of sp³-hybridized carbons (Fsp3) is 0.391. The summed E-state index contributed by atoms with van der Waals surface area (Å²) < 4.78 is 24.7. The number of amides is 2. The smallest absolute Gasteiger partial charge is 0.414 e. The minimum atomic E-state index is -0.391. The number of carbonyl (C=O) groups is 2. The molecule has 2 aromatic rings. The third-order valence-electron chi connectivity index (χ3n) is 5.49. The van der Waals surface area contributed by atoms with E-state index in [1.807, 2.05) is 24.3 Å². The van der Waals surface area contributed by atoms with Crippen LogP contribution < -0.4 is 15.0 Å². The molecule has 2 aliphatic rings. The zero-order valence-electron chi connectivity index (χ0n) is 17.4. The topological polar surface area (TPSA) is 71.1 Å². The highest BCUT2D eigenvalue weighted by atomic mass is 19.1. The maximum absolute atomic E-state index is 13.1. The number of hydrogen-bond donors (Lipinski definition) is 1. The molecular formula is C23H26FN3O4. The predicted octanol–water partition coefficient (Wildman–Crippen LogP) is 3.65. The predicted molar refractivity (Wildman–Crippen MR) is 115 cm³/mol. The molecule has 1 N–H and O–H groups in total. The molecule has 0 aromatic heterocycles. The third kappa shape index (κ3) is 5.52. The van der Waals surface area contributed by atoms with E-state index in [1.165, 1.54) is 19.1 Å². The molecule has 0 spiro atoms. The first kappa shape index (κ1) is 21.1. The maximum Gasteiger partial charge on any atom is 0.414 e. The van der Waals surface area contributed by atoms with E-state index in [0.717, 1.165) is 37.4 Å². The van der Waals surface area contributed by atoms with E-state index in [-0.39, 0.29) is 23.9 Å². The van der Waals surface area contributed by atoms with Gasteiger partial charge in [0.1, 0.15) is 23.8 Å². The van der Waals surface area contributed by atoms with Crippen molar-refractivity contribution in [2.75, 3.05) is 36.4 Å². The molecule has 2 saturated heterocycles. The number of nitrogens with one attached hydrogen (secondary N) is 1. The van der Waals surface area contributed by atoms with Crippen molar-refractivity contribution in [2.24, 2.45) is 0 Å². The molecular weight excluding hydrogens is 401 g/mol. The van der Waals surface area contributed by atoms with Gasteiger partial charge in [-0.2, -0.15) is 0 Å². The first-order chi connectivity index (χ1) is 15.0. The Morgan fingerprint density at radius 3 is 2.45 bits per heavy atom. The van der Waals surface area contributed by atoms with Gasteiger partial charge >= 0.3 is 6.09 Å². The minimum absolute atomic E-state index is 0.102. The highest BCUT2D eigenvalue weighted by Gasteiger charge is 2.34. The van der Waals surface area contributed by atoms with Crippen molar-refractivity contribution >= 4 is 23.4 Å². The van der Waals surface area contributed by atoms with Crippen LogP contribution in [0.2, 0.25) is 0 Å². The fourth-order valence-electron chi connectivity index (χ4n) is 3.96. The lowest BCUT2D eigenvalue weighted by Gasteiger charge is -2.33. The first-order valence-electron chi connectivity index (χ1n) is 10.5. The molecule has 2 fully saturated rings. The number of nitrogens with zero attached hydrogens (tertiary/aromatic N) is 2. The van der Waals surface area contributed by atoms with Crippen LogP contribution in [0.5, 0.6) is 5.75 Å². The van der Waals surface area contributed by atoms with E-state index >= 15 is 0 Å². The molecule has 0 unspecified atom stereocenters. The van der Waals surface area contributed by atoms with Gasteiger partial charge in [0.25, 0.3) is 0 Å². The van der Waals surface area contributed by atoms with E-state index < -0.39 is 6.09 Å². The number of halogens is 1. The molecule has 1 atom stereocenters. The summed E-state index contributed by atoms with van der Waals surface area (Å²) in [6.45, 7) is 4.33. The number of likely N-dealkylation sites (tertiary alicyclic amines) is 1. The number of hydrogen-bond acceptors (Lipinski definition) is 5. The Balaban J connectivity index is 1.23. The normalized spacial score (nSPS) is 19.9. The van der Waals surface area contributed by atoms with Crippen LogP contribution in [0.3, 0.4) is 0 Å². The standard InChI is InChI=1S/C23H26FN3O4/c1-16(28)25-18-4-8-20(9-5-18)30-21-10-12-26(13-11-21)14-22-15-27(23(29)31-22)19-6-2-17(24)3-7-19/h2-9,21-22H,10-15H2,1H3,(H,25,28)/t22-/m0/s1. The SMILES string of the molecule is CC(=O)Nc1ccc(OC2CCN(C[C@H]3CN(c4ccc(F)cc4)C(=O)O3)CC2)cc1. The van der Waals surface area contributed by atoms with Gasteiger partial charge in [0.05, 0.1) is 6.54 Å². The van der Waals surface area contributed by atoms with Crippen LogP contribution in [0.4, 0.5) is 20.6 Å². The molecule has 31 heavy (non-hydrogen) atoms. The lowest BCUT2D eigenvalue weighted by molar-refractivity contribution is -0.114. The number of cyclic esters (lactones) is 1. The Morgan fingerprint density at radius 2 is 1.81 bits per heavy atom. The first-order valence-corrected chi connectivity index (χ1v) is 10.5. The highest BCUT2D eigenvalue weighted by molar-refractivity contribution is 5.89. The van der Waals surface area contributed by atoms with E-state index in [2.05, 4.69) is 10.2 Å². The molecule has 2 heterocycles. The number of anilines is 2. The zero-order chi connectivity index (χ0) is 21.8. The lowest BCUT2D eigenvalue weighted by atomic mass is 10.1. The molecule has 8 heteroatoms. The van der Waals surface area contributed by atoms with Gasteiger partial charge < -0.3 is 14.8 Å².